The van der Waals surface area contributed by atoms with Gasteiger partial charge in [-0.05, 0) is 44.5 Å². The van der Waals surface area contributed by atoms with E-state index in [1.54, 1.807) is 18.2 Å². The third-order valence-corrected chi connectivity index (χ3v) is 6.09. The predicted octanol–water partition coefficient (Wildman–Crippen LogP) is 2.63. The Kier molecular flexibility index (Phi) is 6.45. The van der Waals surface area contributed by atoms with Gasteiger partial charge in [0.15, 0.2) is 5.82 Å². The summed E-state index contributed by atoms with van der Waals surface area (Å²) in [6, 6.07) is 5.38. The van der Waals surface area contributed by atoms with Crippen molar-refractivity contribution in [3.05, 3.63) is 44.4 Å². The van der Waals surface area contributed by atoms with Crippen LogP contribution in [-0.4, -0.2) is 39.2 Å². The first-order chi connectivity index (χ1) is 15.0. The van der Waals surface area contributed by atoms with Crippen LogP contribution in [0.15, 0.2) is 23.0 Å². The number of hydrogen-bond acceptors (Lipinski definition) is 8. The van der Waals surface area contributed by atoms with E-state index in [4.69, 9.17) is 39.7 Å². The fraction of sp³-hybridized carbons (Fsp3) is 0.400. The molecule has 1 aliphatic heterocycles. The van der Waals surface area contributed by atoms with Gasteiger partial charge in [0.2, 0.25) is 5.95 Å². The average Bonchev–Trinajstić information content (AvgIpc) is 3.01. The van der Waals surface area contributed by atoms with E-state index in [9.17, 15) is 4.79 Å². The molecule has 164 valence electrons. The molecular weight excluding hydrogens is 439 g/mol. The van der Waals surface area contributed by atoms with Gasteiger partial charge in [-0.15, -0.1) is 0 Å². The van der Waals surface area contributed by atoms with E-state index in [-0.39, 0.29) is 28.4 Å². The van der Waals surface area contributed by atoms with Gasteiger partial charge < -0.3 is 22.1 Å². The number of aromatic nitrogens is 4. The number of benzene rings is 1. The van der Waals surface area contributed by atoms with E-state index in [1.807, 2.05) is 4.57 Å². The van der Waals surface area contributed by atoms with Gasteiger partial charge in [0, 0.05) is 19.0 Å². The highest BCUT2D eigenvalue weighted by molar-refractivity contribution is 6.35. The number of halogens is 2. The lowest BCUT2D eigenvalue weighted by Crippen LogP contribution is -2.31. The van der Waals surface area contributed by atoms with Crippen molar-refractivity contribution in [3.63, 3.8) is 0 Å². The van der Waals surface area contributed by atoms with E-state index in [0.29, 0.717) is 40.5 Å². The molecule has 6 N–H and O–H groups in total. The topological polar surface area (TPSA) is 137 Å². The van der Waals surface area contributed by atoms with Crippen molar-refractivity contribution in [1.29, 1.82) is 0 Å². The first-order valence-electron chi connectivity index (χ1n) is 10.2. The van der Waals surface area contributed by atoms with Crippen molar-refractivity contribution >= 4 is 51.7 Å². The van der Waals surface area contributed by atoms with Crippen LogP contribution in [-0.2, 0) is 6.42 Å². The Balaban J connectivity index is 1.69. The molecule has 31 heavy (non-hydrogen) atoms. The zero-order valence-electron chi connectivity index (χ0n) is 16.9. The summed E-state index contributed by atoms with van der Waals surface area (Å²) in [5.41, 5.74) is 11.9. The highest BCUT2D eigenvalue weighted by atomic mass is 35.5. The minimum absolute atomic E-state index is 0.0331. The van der Waals surface area contributed by atoms with Crippen molar-refractivity contribution < 1.29 is 0 Å². The minimum atomic E-state index is -0.106. The molecule has 0 amide bonds. The number of fused-ring (bicyclic) bond motifs is 1. The van der Waals surface area contributed by atoms with Crippen molar-refractivity contribution in [1.82, 2.24) is 24.8 Å². The quantitative estimate of drug-likeness (QED) is 0.453. The number of nitrogens with zero attached hydrogens (tertiary/aromatic N) is 4. The van der Waals surface area contributed by atoms with E-state index in [2.05, 4.69) is 20.6 Å². The largest absolute Gasteiger partial charge is 0.382 e. The molecule has 1 saturated heterocycles. The summed E-state index contributed by atoms with van der Waals surface area (Å²) in [4.78, 5) is 26.2. The van der Waals surface area contributed by atoms with Crippen molar-refractivity contribution in [2.75, 3.05) is 36.4 Å². The lowest BCUT2D eigenvalue weighted by Gasteiger charge is -2.22. The van der Waals surface area contributed by atoms with E-state index in [1.165, 1.54) is 0 Å². The Labute approximate surface area is 189 Å². The van der Waals surface area contributed by atoms with E-state index in [0.717, 1.165) is 32.4 Å². The smallest absolute Gasteiger partial charge is 0.263 e. The maximum atomic E-state index is 13.5. The molecule has 3 heterocycles. The van der Waals surface area contributed by atoms with E-state index < -0.39 is 0 Å². The molecule has 0 saturated carbocycles. The van der Waals surface area contributed by atoms with Crippen LogP contribution in [0.4, 0.5) is 17.6 Å². The van der Waals surface area contributed by atoms with Gasteiger partial charge >= 0.3 is 0 Å². The van der Waals surface area contributed by atoms with Crippen molar-refractivity contribution in [3.8, 4) is 0 Å². The predicted molar refractivity (Wildman–Crippen MR) is 125 cm³/mol. The van der Waals surface area contributed by atoms with Crippen LogP contribution in [0.3, 0.4) is 0 Å². The first kappa shape index (κ1) is 21.6. The summed E-state index contributed by atoms with van der Waals surface area (Å²) in [7, 11) is 0. The second-order valence-electron chi connectivity index (χ2n) is 7.48. The lowest BCUT2D eigenvalue weighted by atomic mass is 10.1. The van der Waals surface area contributed by atoms with Crippen LogP contribution in [0.2, 0.25) is 10.0 Å². The minimum Gasteiger partial charge on any atom is -0.382 e. The number of hydrogen-bond donors (Lipinski definition) is 4. The summed E-state index contributed by atoms with van der Waals surface area (Å²) in [6.07, 6.45) is 3.21. The Hall–Kier alpha value is -2.62. The Bertz CT molecular complexity index is 1160. The van der Waals surface area contributed by atoms with Crippen LogP contribution in [0.25, 0.3) is 10.9 Å². The summed E-state index contributed by atoms with van der Waals surface area (Å²) in [6.45, 7) is 2.22. The molecule has 0 spiro atoms. The van der Waals surface area contributed by atoms with Gasteiger partial charge in [0.1, 0.15) is 16.7 Å². The van der Waals surface area contributed by atoms with Crippen LogP contribution < -0.4 is 27.7 Å². The van der Waals surface area contributed by atoms with Crippen molar-refractivity contribution in [2.45, 2.75) is 31.7 Å². The second kappa shape index (κ2) is 9.25. The molecule has 9 nitrogen and oxygen atoms in total. The maximum absolute atomic E-state index is 13.5. The molecule has 0 bridgehead atoms. The van der Waals surface area contributed by atoms with Gasteiger partial charge in [-0.1, -0.05) is 29.3 Å². The molecule has 1 aliphatic rings. The standard InChI is InChI=1S/C20H24Cl2N8O/c21-12-4-1-5-13-15(12)19(31)30(11-3-2-8-25-9-6-11)14(27-13)7-10-26-18-16(22)17(23)28-20(24)29-18/h1,4-5,11,25H,2-3,6-10H2,(H5,23,24,26,28,29)/t11-/m1/s1. The molecule has 1 aromatic carbocycles. The normalized spacial score (nSPS) is 16.9. The molecule has 1 atom stereocenters. The number of rotatable bonds is 5. The van der Waals surface area contributed by atoms with Gasteiger partial charge in [-0.2, -0.15) is 9.97 Å². The molecule has 3 aromatic rings. The van der Waals surface area contributed by atoms with Crippen LogP contribution >= 0.6 is 23.2 Å². The first-order valence-corrected chi connectivity index (χ1v) is 10.9. The summed E-state index contributed by atoms with van der Waals surface area (Å²) >= 11 is 12.5. The monoisotopic (exact) mass is 462 g/mol. The number of nitrogens with two attached hydrogens (primary N) is 2. The van der Waals surface area contributed by atoms with Crippen LogP contribution in [0.1, 0.15) is 31.1 Å². The van der Waals surface area contributed by atoms with Gasteiger partial charge in [0.05, 0.1) is 15.9 Å². The van der Waals surface area contributed by atoms with Crippen LogP contribution in [0, 0.1) is 0 Å². The molecule has 0 radical (unpaired) electrons. The van der Waals surface area contributed by atoms with Crippen molar-refractivity contribution in [2.24, 2.45) is 0 Å². The number of nitrogens with one attached hydrogen (secondary N) is 2. The fourth-order valence-electron chi connectivity index (χ4n) is 3.95. The summed E-state index contributed by atoms with van der Waals surface area (Å²) in [5, 5.41) is 7.60. The molecule has 0 unspecified atom stereocenters. The second-order valence-corrected chi connectivity index (χ2v) is 8.26. The van der Waals surface area contributed by atoms with Crippen LogP contribution in [0.5, 0.6) is 0 Å². The molecule has 11 heteroatoms. The highest BCUT2D eigenvalue weighted by Gasteiger charge is 2.21. The van der Waals surface area contributed by atoms with Gasteiger partial charge in [0.25, 0.3) is 5.56 Å². The fourth-order valence-corrected chi connectivity index (χ4v) is 4.35. The van der Waals surface area contributed by atoms with E-state index >= 15 is 0 Å². The molecule has 4 rings (SSSR count). The molecule has 1 fully saturated rings. The zero-order valence-corrected chi connectivity index (χ0v) is 18.4. The average molecular weight is 463 g/mol. The molecule has 2 aromatic heterocycles. The lowest BCUT2D eigenvalue weighted by molar-refractivity contribution is 0.424. The number of nitrogen functional groups attached to an aromatic ring is 2. The third-order valence-electron chi connectivity index (χ3n) is 5.40. The molecular formula is C20H24Cl2N8O. The number of anilines is 3. The Morgan fingerprint density at radius 3 is 2.84 bits per heavy atom. The zero-order chi connectivity index (χ0) is 22.0. The SMILES string of the molecule is Nc1nc(N)c(Cl)c(NCCc2nc3cccc(Cl)c3c(=O)n2[C@@H]2CCCNCC2)n1. The Morgan fingerprint density at radius 2 is 2.00 bits per heavy atom. The molecule has 0 aliphatic carbocycles. The third kappa shape index (κ3) is 4.53. The Morgan fingerprint density at radius 1 is 1.16 bits per heavy atom. The van der Waals surface area contributed by atoms with Gasteiger partial charge in [-0.25, -0.2) is 4.98 Å². The van der Waals surface area contributed by atoms with Gasteiger partial charge in [-0.3, -0.25) is 9.36 Å². The maximum Gasteiger partial charge on any atom is 0.263 e. The highest BCUT2D eigenvalue weighted by Crippen LogP contribution is 2.26. The summed E-state index contributed by atoms with van der Waals surface area (Å²) < 4.78 is 1.81. The summed E-state index contributed by atoms with van der Waals surface area (Å²) in [5.74, 6) is 1.18.